The van der Waals surface area contributed by atoms with E-state index >= 15 is 0 Å². The van der Waals surface area contributed by atoms with E-state index in [1.54, 1.807) is 12.1 Å². The minimum atomic E-state index is -0.147. The first-order chi connectivity index (χ1) is 10.6. The van der Waals surface area contributed by atoms with E-state index in [9.17, 15) is 9.59 Å². The number of nitrogens with two attached hydrogens (primary N) is 1. The summed E-state index contributed by atoms with van der Waals surface area (Å²) in [6.45, 7) is 0.673. The highest BCUT2D eigenvalue weighted by molar-refractivity contribution is 5.94. The fourth-order valence-corrected chi connectivity index (χ4v) is 2.23. The molecular formula is C15H20ClN3O4. The number of benzene rings is 1. The fourth-order valence-electron chi connectivity index (χ4n) is 2.23. The molecule has 3 rings (SSSR count). The van der Waals surface area contributed by atoms with Crippen LogP contribution in [0.4, 0.5) is 11.4 Å². The maximum atomic E-state index is 11.9. The van der Waals surface area contributed by atoms with Gasteiger partial charge in [0.15, 0.2) is 11.5 Å². The third-order valence-electron chi connectivity index (χ3n) is 3.65. The predicted octanol–water partition coefficient (Wildman–Crippen LogP) is 1.66. The van der Waals surface area contributed by atoms with Gasteiger partial charge in [0.2, 0.25) is 18.6 Å². The first-order valence-electron chi connectivity index (χ1n) is 7.40. The Labute approximate surface area is 140 Å². The second kappa shape index (κ2) is 7.41. The topological polar surface area (TPSA) is 103 Å². The van der Waals surface area contributed by atoms with Crippen molar-refractivity contribution in [2.24, 2.45) is 5.92 Å². The molecule has 0 unspecified atom stereocenters. The van der Waals surface area contributed by atoms with Gasteiger partial charge in [0.05, 0.1) is 11.4 Å². The van der Waals surface area contributed by atoms with Gasteiger partial charge in [-0.3, -0.25) is 9.59 Å². The number of ether oxygens (including phenoxy) is 2. The maximum Gasteiger partial charge on any atom is 0.231 e. The van der Waals surface area contributed by atoms with Gasteiger partial charge in [0.25, 0.3) is 0 Å². The zero-order chi connectivity index (χ0) is 15.5. The number of carbonyl (C=O) groups is 2. The highest BCUT2D eigenvalue weighted by Crippen LogP contribution is 2.38. The average Bonchev–Trinajstić information content (AvgIpc) is 3.25. The molecule has 0 radical (unpaired) electrons. The molecule has 0 spiro atoms. The van der Waals surface area contributed by atoms with E-state index in [2.05, 4.69) is 10.6 Å². The van der Waals surface area contributed by atoms with Gasteiger partial charge in [-0.25, -0.2) is 0 Å². The summed E-state index contributed by atoms with van der Waals surface area (Å²) < 4.78 is 10.5. The zero-order valence-corrected chi connectivity index (χ0v) is 13.4. The number of halogens is 1. The van der Waals surface area contributed by atoms with E-state index in [0.29, 0.717) is 42.3 Å². The minimum absolute atomic E-state index is 0. The van der Waals surface area contributed by atoms with Gasteiger partial charge < -0.3 is 25.8 Å². The Bertz CT molecular complexity index is 605. The van der Waals surface area contributed by atoms with Crippen LogP contribution in [-0.2, 0) is 9.59 Å². The summed E-state index contributed by atoms with van der Waals surface area (Å²) >= 11 is 0. The highest BCUT2D eigenvalue weighted by Gasteiger charge is 2.29. The molecule has 1 aromatic carbocycles. The third kappa shape index (κ3) is 4.41. The number of nitrogen functional groups attached to an aromatic ring is 1. The molecule has 8 heteroatoms. The van der Waals surface area contributed by atoms with E-state index in [1.807, 2.05) is 0 Å². The highest BCUT2D eigenvalue weighted by atomic mass is 35.5. The van der Waals surface area contributed by atoms with Crippen molar-refractivity contribution in [3.8, 4) is 11.5 Å². The number of amides is 2. The number of hydrogen-bond acceptors (Lipinski definition) is 5. The summed E-state index contributed by atoms with van der Waals surface area (Å²) in [5.74, 6) is 1.30. The number of anilines is 2. The molecule has 126 valence electrons. The van der Waals surface area contributed by atoms with E-state index in [4.69, 9.17) is 15.2 Å². The van der Waals surface area contributed by atoms with Crippen molar-refractivity contribution in [1.82, 2.24) is 5.32 Å². The molecule has 0 saturated heterocycles. The van der Waals surface area contributed by atoms with Crippen molar-refractivity contribution in [3.63, 3.8) is 0 Å². The van der Waals surface area contributed by atoms with Crippen LogP contribution < -0.4 is 25.8 Å². The summed E-state index contributed by atoms with van der Waals surface area (Å²) in [5, 5.41) is 5.58. The third-order valence-corrected chi connectivity index (χ3v) is 3.65. The molecule has 0 aromatic heterocycles. The van der Waals surface area contributed by atoms with Gasteiger partial charge in [-0.2, -0.15) is 0 Å². The lowest BCUT2D eigenvalue weighted by atomic mass is 10.2. The van der Waals surface area contributed by atoms with Crippen molar-refractivity contribution >= 4 is 35.6 Å². The number of hydrogen-bond donors (Lipinski definition) is 3. The van der Waals surface area contributed by atoms with Crippen LogP contribution in [-0.4, -0.2) is 25.2 Å². The van der Waals surface area contributed by atoms with Crippen LogP contribution in [0, 0.1) is 5.92 Å². The van der Waals surface area contributed by atoms with Gasteiger partial charge >= 0.3 is 0 Å². The molecule has 1 heterocycles. The van der Waals surface area contributed by atoms with E-state index in [1.165, 1.54) is 0 Å². The van der Waals surface area contributed by atoms with Crippen molar-refractivity contribution in [2.75, 3.05) is 24.4 Å². The smallest absolute Gasteiger partial charge is 0.231 e. The summed E-state index contributed by atoms with van der Waals surface area (Å²) in [4.78, 5) is 23.3. The molecular weight excluding hydrogens is 322 g/mol. The molecule has 4 N–H and O–H groups in total. The zero-order valence-electron chi connectivity index (χ0n) is 12.6. The van der Waals surface area contributed by atoms with Crippen LogP contribution in [0.25, 0.3) is 0 Å². The average molecular weight is 342 g/mol. The number of rotatable bonds is 6. The Morgan fingerprint density at radius 2 is 1.91 bits per heavy atom. The van der Waals surface area contributed by atoms with E-state index in [-0.39, 0.29) is 36.9 Å². The molecule has 1 aromatic rings. The summed E-state index contributed by atoms with van der Waals surface area (Å²) in [6, 6.07) is 3.29. The molecule has 1 aliphatic heterocycles. The molecule has 2 aliphatic rings. The molecule has 1 fully saturated rings. The van der Waals surface area contributed by atoms with E-state index in [0.717, 1.165) is 12.8 Å². The largest absolute Gasteiger partial charge is 0.454 e. The van der Waals surface area contributed by atoms with Crippen LogP contribution in [0.15, 0.2) is 12.1 Å². The second-order valence-electron chi connectivity index (χ2n) is 5.51. The second-order valence-corrected chi connectivity index (χ2v) is 5.51. The molecule has 0 atom stereocenters. The van der Waals surface area contributed by atoms with E-state index < -0.39 is 0 Å². The normalized spacial score (nSPS) is 14.8. The lowest BCUT2D eigenvalue weighted by Gasteiger charge is -2.09. The van der Waals surface area contributed by atoms with Crippen LogP contribution in [0.3, 0.4) is 0 Å². The van der Waals surface area contributed by atoms with Crippen molar-refractivity contribution in [1.29, 1.82) is 0 Å². The van der Waals surface area contributed by atoms with Crippen molar-refractivity contribution in [3.05, 3.63) is 12.1 Å². The molecule has 0 bridgehead atoms. The molecule has 23 heavy (non-hydrogen) atoms. The number of nitrogens with one attached hydrogen (secondary N) is 2. The Morgan fingerprint density at radius 1 is 1.22 bits per heavy atom. The van der Waals surface area contributed by atoms with Gasteiger partial charge in [-0.15, -0.1) is 12.4 Å². The standard InChI is InChI=1S/C15H19N3O4.ClH/c16-10-6-12-13(22-8-21-12)7-11(10)18-14(19)2-1-5-17-15(20)9-3-4-9;/h6-7,9H,1-5,8,16H2,(H,17,20)(H,18,19);1H. The van der Waals surface area contributed by atoms with Crippen LogP contribution in [0.2, 0.25) is 0 Å². The van der Waals surface area contributed by atoms with Crippen LogP contribution in [0.5, 0.6) is 11.5 Å². The van der Waals surface area contributed by atoms with Gasteiger partial charge in [0, 0.05) is 31.0 Å². The summed E-state index contributed by atoms with van der Waals surface area (Å²) in [7, 11) is 0. The summed E-state index contributed by atoms with van der Waals surface area (Å²) in [5.41, 5.74) is 6.81. The predicted molar refractivity (Wildman–Crippen MR) is 87.8 cm³/mol. The Hall–Kier alpha value is -2.15. The van der Waals surface area contributed by atoms with Crippen molar-refractivity contribution < 1.29 is 19.1 Å². The Morgan fingerprint density at radius 3 is 2.61 bits per heavy atom. The monoisotopic (exact) mass is 341 g/mol. The molecule has 2 amide bonds. The molecule has 7 nitrogen and oxygen atoms in total. The quantitative estimate of drug-likeness (QED) is 0.539. The number of carbonyl (C=O) groups excluding carboxylic acids is 2. The number of fused-ring (bicyclic) bond motifs is 1. The van der Waals surface area contributed by atoms with Gasteiger partial charge in [-0.1, -0.05) is 0 Å². The van der Waals surface area contributed by atoms with Crippen LogP contribution >= 0.6 is 12.4 Å². The molecule has 1 aliphatic carbocycles. The first-order valence-corrected chi connectivity index (χ1v) is 7.40. The lowest BCUT2D eigenvalue weighted by Crippen LogP contribution is -2.26. The summed E-state index contributed by atoms with van der Waals surface area (Å²) in [6.07, 6.45) is 2.87. The minimum Gasteiger partial charge on any atom is -0.454 e. The SMILES string of the molecule is Cl.Nc1cc2c(cc1NC(=O)CCCNC(=O)C1CC1)OCO2. The Balaban J connectivity index is 0.00000192. The molecule has 1 saturated carbocycles. The van der Waals surface area contributed by atoms with Crippen LogP contribution in [0.1, 0.15) is 25.7 Å². The fraction of sp³-hybridized carbons (Fsp3) is 0.467. The lowest BCUT2D eigenvalue weighted by molar-refractivity contribution is -0.122. The van der Waals surface area contributed by atoms with Crippen molar-refractivity contribution in [2.45, 2.75) is 25.7 Å². The maximum absolute atomic E-state index is 11.9. The van der Waals surface area contributed by atoms with Gasteiger partial charge in [0.1, 0.15) is 0 Å². The van der Waals surface area contributed by atoms with Gasteiger partial charge in [-0.05, 0) is 19.3 Å². The Kier molecular flexibility index (Phi) is 5.54. The first kappa shape index (κ1) is 17.2.